The summed E-state index contributed by atoms with van der Waals surface area (Å²) in [6.07, 6.45) is 1.04. The standard InChI is InChI=1S/C14H20O4/c1-4-7-18-12-6-5-11(9-13(12)17-3)10(2)8-14(15)16/h5-6,9-10H,4,7-8H2,1-3H3,(H,15,16). The highest BCUT2D eigenvalue weighted by molar-refractivity contribution is 5.68. The Hall–Kier alpha value is -1.71. The van der Waals surface area contributed by atoms with Gasteiger partial charge in [-0.1, -0.05) is 19.9 Å². The van der Waals surface area contributed by atoms with Crippen LogP contribution < -0.4 is 9.47 Å². The third kappa shape index (κ3) is 3.95. The number of hydrogen-bond donors (Lipinski definition) is 1. The first-order chi connectivity index (χ1) is 8.58. The quantitative estimate of drug-likeness (QED) is 0.810. The van der Waals surface area contributed by atoms with Crippen molar-refractivity contribution in [1.82, 2.24) is 0 Å². The van der Waals surface area contributed by atoms with Gasteiger partial charge >= 0.3 is 5.97 Å². The molecule has 4 nitrogen and oxygen atoms in total. The van der Waals surface area contributed by atoms with Gasteiger partial charge in [0.05, 0.1) is 20.1 Å². The molecular weight excluding hydrogens is 232 g/mol. The highest BCUT2D eigenvalue weighted by atomic mass is 16.5. The fraction of sp³-hybridized carbons (Fsp3) is 0.500. The highest BCUT2D eigenvalue weighted by Crippen LogP contribution is 2.31. The molecule has 1 atom stereocenters. The van der Waals surface area contributed by atoms with Crippen LogP contribution in [0, 0.1) is 0 Å². The van der Waals surface area contributed by atoms with E-state index in [1.165, 1.54) is 0 Å². The molecule has 0 bridgehead atoms. The molecule has 4 heteroatoms. The summed E-state index contributed by atoms with van der Waals surface area (Å²) in [6.45, 7) is 4.56. The first kappa shape index (κ1) is 14.4. The number of benzene rings is 1. The van der Waals surface area contributed by atoms with Gasteiger partial charge in [0.15, 0.2) is 11.5 Å². The van der Waals surface area contributed by atoms with Gasteiger partial charge in [-0.3, -0.25) is 4.79 Å². The fourth-order valence-electron chi connectivity index (χ4n) is 1.70. The molecule has 0 radical (unpaired) electrons. The van der Waals surface area contributed by atoms with Crippen LogP contribution in [0.5, 0.6) is 11.5 Å². The SMILES string of the molecule is CCCOc1ccc(C(C)CC(=O)O)cc1OC. The molecule has 0 fully saturated rings. The second-order valence-electron chi connectivity index (χ2n) is 4.26. The lowest BCUT2D eigenvalue weighted by Crippen LogP contribution is -2.04. The Kier molecular flexibility index (Phi) is 5.49. The molecule has 0 spiro atoms. The molecule has 0 amide bonds. The molecule has 0 aliphatic carbocycles. The molecule has 0 heterocycles. The van der Waals surface area contributed by atoms with Crippen LogP contribution >= 0.6 is 0 Å². The second-order valence-corrected chi connectivity index (χ2v) is 4.26. The zero-order valence-corrected chi connectivity index (χ0v) is 11.1. The summed E-state index contributed by atoms with van der Waals surface area (Å²) in [4.78, 5) is 10.7. The molecule has 18 heavy (non-hydrogen) atoms. The first-order valence-electron chi connectivity index (χ1n) is 6.11. The molecule has 1 rings (SSSR count). The number of ether oxygens (including phenoxy) is 2. The second kappa shape index (κ2) is 6.89. The van der Waals surface area contributed by atoms with E-state index >= 15 is 0 Å². The van der Waals surface area contributed by atoms with Gasteiger partial charge in [-0.2, -0.15) is 0 Å². The van der Waals surface area contributed by atoms with Crippen LogP contribution in [0.4, 0.5) is 0 Å². The van der Waals surface area contributed by atoms with Crippen molar-refractivity contribution in [2.24, 2.45) is 0 Å². The van der Waals surface area contributed by atoms with E-state index in [9.17, 15) is 4.79 Å². The monoisotopic (exact) mass is 252 g/mol. The minimum atomic E-state index is -0.798. The highest BCUT2D eigenvalue weighted by Gasteiger charge is 2.13. The maximum Gasteiger partial charge on any atom is 0.303 e. The van der Waals surface area contributed by atoms with Crippen molar-refractivity contribution in [3.63, 3.8) is 0 Å². The van der Waals surface area contributed by atoms with Gasteiger partial charge in [0.1, 0.15) is 0 Å². The lowest BCUT2D eigenvalue weighted by Gasteiger charge is -2.14. The average molecular weight is 252 g/mol. The predicted molar refractivity (Wildman–Crippen MR) is 69.4 cm³/mol. The van der Waals surface area contributed by atoms with Gasteiger partial charge in [-0.15, -0.1) is 0 Å². The summed E-state index contributed by atoms with van der Waals surface area (Å²) >= 11 is 0. The Morgan fingerprint density at radius 1 is 1.39 bits per heavy atom. The Morgan fingerprint density at radius 3 is 2.67 bits per heavy atom. The third-order valence-corrected chi connectivity index (χ3v) is 2.70. The van der Waals surface area contributed by atoms with Crippen LogP contribution in [-0.2, 0) is 4.79 Å². The average Bonchev–Trinajstić information content (AvgIpc) is 2.35. The number of carboxylic acid groups (broad SMARTS) is 1. The van der Waals surface area contributed by atoms with Crippen LogP contribution in [0.3, 0.4) is 0 Å². The summed E-state index contributed by atoms with van der Waals surface area (Å²) in [5, 5.41) is 8.79. The largest absolute Gasteiger partial charge is 0.493 e. The van der Waals surface area contributed by atoms with E-state index in [2.05, 4.69) is 0 Å². The van der Waals surface area contributed by atoms with Crippen molar-refractivity contribution in [2.75, 3.05) is 13.7 Å². The zero-order valence-electron chi connectivity index (χ0n) is 11.1. The molecule has 0 aliphatic rings. The van der Waals surface area contributed by atoms with Crippen LogP contribution in [0.1, 0.15) is 38.2 Å². The van der Waals surface area contributed by atoms with Crippen molar-refractivity contribution >= 4 is 5.97 Å². The minimum Gasteiger partial charge on any atom is -0.493 e. The van der Waals surface area contributed by atoms with Gasteiger partial charge in [0.2, 0.25) is 0 Å². The van der Waals surface area contributed by atoms with Crippen molar-refractivity contribution < 1.29 is 19.4 Å². The van der Waals surface area contributed by atoms with Crippen molar-refractivity contribution in [2.45, 2.75) is 32.6 Å². The van der Waals surface area contributed by atoms with E-state index in [0.717, 1.165) is 12.0 Å². The number of methoxy groups -OCH3 is 1. The Labute approximate surface area is 108 Å². The van der Waals surface area contributed by atoms with Gasteiger partial charge in [0, 0.05) is 0 Å². The molecule has 1 N–H and O–H groups in total. The first-order valence-corrected chi connectivity index (χ1v) is 6.11. The van der Waals surface area contributed by atoms with Gasteiger partial charge in [-0.05, 0) is 30.0 Å². The third-order valence-electron chi connectivity index (χ3n) is 2.70. The van der Waals surface area contributed by atoms with Crippen molar-refractivity contribution in [1.29, 1.82) is 0 Å². The Morgan fingerprint density at radius 2 is 2.11 bits per heavy atom. The number of rotatable bonds is 7. The van der Waals surface area contributed by atoms with Gasteiger partial charge in [0.25, 0.3) is 0 Å². The molecule has 1 aromatic carbocycles. The summed E-state index contributed by atoms with van der Waals surface area (Å²) < 4.78 is 10.8. The van der Waals surface area contributed by atoms with Crippen LogP contribution in [0.25, 0.3) is 0 Å². The Bertz CT molecular complexity index is 401. The summed E-state index contributed by atoms with van der Waals surface area (Å²) in [5.41, 5.74) is 0.943. The topological polar surface area (TPSA) is 55.8 Å². The lowest BCUT2D eigenvalue weighted by molar-refractivity contribution is -0.137. The van der Waals surface area contributed by atoms with Gasteiger partial charge < -0.3 is 14.6 Å². The number of carbonyl (C=O) groups is 1. The maximum atomic E-state index is 10.7. The molecule has 100 valence electrons. The molecular formula is C14H20O4. The minimum absolute atomic E-state index is 0.0448. The molecule has 0 saturated heterocycles. The van der Waals surface area contributed by atoms with E-state index in [4.69, 9.17) is 14.6 Å². The molecule has 0 saturated carbocycles. The lowest BCUT2D eigenvalue weighted by atomic mass is 9.97. The van der Waals surface area contributed by atoms with E-state index in [-0.39, 0.29) is 12.3 Å². The van der Waals surface area contributed by atoms with E-state index in [1.54, 1.807) is 7.11 Å². The molecule has 1 aromatic rings. The van der Waals surface area contributed by atoms with E-state index in [1.807, 2.05) is 32.0 Å². The zero-order chi connectivity index (χ0) is 13.5. The molecule has 1 unspecified atom stereocenters. The molecule has 0 aliphatic heterocycles. The number of hydrogen-bond acceptors (Lipinski definition) is 3. The van der Waals surface area contributed by atoms with E-state index in [0.29, 0.717) is 18.1 Å². The summed E-state index contributed by atoms with van der Waals surface area (Å²) in [7, 11) is 1.58. The van der Waals surface area contributed by atoms with Crippen LogP contribution in [-0.4, -0.2) is 24.8 Å². The number of aliphatic carboxylic acids is 1. The fourth-order valence-corrected chi connectivity index (χ4v) is 1.70. The van der Waals surface area contributed by atoms with Gasteiger partial charge in [-0.25, -0.2) is 0 Å². The normalized spacial score (nSPS) is 11.9. The number of carboxylic acids is 1. The van der Waals surface area contributed by atoms with Crippen molar-refractivity contribution in [3.8, 4) is 11.5 Å². The Balaban J connectivity index is 2.86. The van der Waals surface area contributed by atoms with Crippen molar-refractivity contribution in [3.05, 3.63) is 23.8 Å². The maximum absolute atomic E-state index is 10.7. The van der Waals surface area contributed by atoms with Crippen LogP contribution in [0.2, 0.25) is 0 Å². The smallest absolute Gasteiger partial charge is 0.303 e. The van der Waals surface area contributed by atoms with Crippen LogP contribution in [0.15, 0.2) is 18.2 Å². The predicted octanol–water partition coefficient (Wildman–Crippen LogP) is 3.06. The molecule has 0 aromatic heterocycles. The van der Waals surface area contributed by atoms with E-state index < -0.39 is 5.97 Å². The summed E-state index contributed by atoms with van der Waals surface area (Å²) in [5.74, 6) is 0.508. The summed E-state index contributed by atoms with van der Waals surface area (Å²) in [6, 6.07) is 5.57.